The fraction of sp³-hybridized carbons (Fsp3) is 0.188. The highest BCUT2D eigenvalue weighted by molar-refractivity contribution is 7.97. The van der Waals surface area contributed by atoms with Crippen molar-refractivity contribution in [1.29, 1.82) is 0 Å². The quantitative estimate of drug-likeness (QED) is 0.382. The molecule has 20 heavy (non-hydrogen) atoms. The molecule has 0 heterocycles. The van der Waals surface area contributed by atoms with Crippen molar-refractivity contribution in [3.63, 3.8) is 0 Å². The van der Waals surface area contributed by atoms with E-state index >= 15 is 0 Å². The molecule has 0 unspecified atom stereocenters. The van der Waals surface area contributed by atoms with E-state index in [1.165, 1.54) is 11.1 Å². The maximum Gasteiger partial charge on any atom is 0.170 e. The minimum Gasteiger partial charge on any atom is -0.409 e. The van der Waals surface area contributed by atoms with E-state index in [9.17, 15) is 0 Å². The van der Waals surface area contributed by atoms with E-state index in [1.807, 2.05) is 43.0 Å². The van der Waals surface area contributed by atoms with E-state index < -0.39 is 0 Å². The predicted molar refractivity (Wildman–Crippen MR) is 85.1 cm³/mol. The van der Waals surface area contributed by atoms with E-state index in [2.05, 4.69) is 29.4 Å². The Balaban J connectivity index is 1.97. The zero-order valence-corrected chi connectivity index (χ0v) is 12.2. The van der Waals surface area contributed by atoms with Gasteiger partial charge in [0.1, 0.15) is 0 Å². The van der Waals surface area contributed by atoms with Crippen LogP contribution in [0.3, 0.4) is 0 Å². The summed E-state index contributed by atoms with van der Waals surface area (Å²) >= 11 is 1.88. The minimum atomic E-state index is 0.150. The fourth-order valence-corrected chi connectivity index (χ4v) is 3.00. The lowest BCUT2D eigenvalue weighted by Crippen LogP contribution is -2.13. The lowest BCUT2D eigenvalue weighted by Gasteiger charge is -2.08. The van der Waals surface area contributed by atoms with E-state index in [0.717, 1.165) is 22.6 Å². The van der Waals surface area contributed by atoms with Crippen molar-refractivity contribution in [3.8, 4) is 0 Å². The Hall–Kier alpha value is -1.94. The smallest absolute Gasteiger partial charge is 0.170 e. The maximum atomic E-state index is 8.67. The molecular formula is C16H18N2OS. The second kappa shape index (κ2) is 7.01. The largest absolute Gasteiger partial charge is 0.409 e. The summed E-state index contributed by atoms with van der Waals surface area (Å²) in [6.07, 6.45) is 0. The number of hydrogen-bond acceptors (Lipinski definition) is 3. The van der Waals surface area contributed by atoms with Crippen LogP contribution in [-0.2, 0) is 11.5 Å². The number of thioether (sulfide) groups is 1. The number of aryl methyl sites for hydroxylation is 1. The predicted octanol–water partition coefficient (Wildman–Crippen LogP) is 3.52. The zero-order valence-electron chi connectivity index (χ0n) is 11.4. The Bertz CT molecular complexity index is 597. The van der Waals surface area contributed by atoms with Crippen LogP contribution >= 0.6 is 11.8 Å². The number of hydrogen-bond donors (Lipinski definition) is 2. The fourth-order valence-electron chi connectivity index (χ4n) is 1.93. The average molecular weight is 286 g/mol. The molecule has 3 N–H and O–H groups in total. The van der Waals surface area contributed by atoms with Gasteiger partial charge in [-0.2, -0.15) is 11.8 Å². The first kappa shape index (κ1) is 14.5. The van der Waals surface area contributed by atoms with Gasteiger partial charge in [-0.05, 0) is 29.7 Å². The van der Waals surface area contributed by atoms with Crippen LogP contribution in [0.5, 0.6) is 0 Å². The molecular weight excluding hydrogens is 268 g/mol. The van der Waals surface area contributed by atoms with Crippen molar-refractivity contribution < 1.29 is 5.21 Å². The summed E-state index contributed by atoms with van der Waals surface area (Å²) in [5.74, 6) is 2.11. The number of amidine groups is 1. The zero-order chi connectivity index (χ0) is 14.4. The van der Waals surface area contributed by atoms with E-state index in [0.29, 0.717) is 0 Å². The van der Waals surface area contributed by atoms with Crippen molar-refractivity contribution in [2.75, 3.05) is 0 Å². The summed E-state index contributed by atoms with van der Waals surface area (Å²) in [4.78, 5) is 0. The highest BCUT2D eigenvalue weighted by atomic mass is 32.2. The average Bonchev–Trinajstić information content (AvgIpc) is 2.49. The third-order valence-electron chi connectivity index (χ3n) is 3.12. The van der Waals surface area contributed by atoms with E-state index in [-0.39, 0.29) is 5.84 Å². The first-order valence-electron chi connectivity index (χ1n) is 6.40. The number of oxime groups is 1. The van der Waals surface area contributed by atoms with Crippen LogP contribution < -0.4 is 5.73 Å². The molecule has 104 valence electrons. The van der Waals surface area contributed by atoms with Gasteiger partial charge in [0.15, 0.2) is 5.84 Å². The highest BCUT2D eigenvalue weighted by Crippen LogP contribution is 2.21. The molecule has 0 aliphatic rings. The van der Waals surface area contributed by atoms with Gasteiger partial charge in [0, 0.05) is 17.1 Å². The second-order valence-electron chi connectivity index (χ2n) is 4.60. The Labute approximate surface area is 123 Å². The molecule has 0 aromatic heterocycles. The van der Waals surface area contributed by atoms with Gasteiger partial charge in [-0.3, -0.25) is 0 Å². The molecule has 2 aromatic rings. The molecule has 0 aliphatic heterocycles. The summed E-state index contributed by atoms with van der Waals surface area (Å²) in [5, 5.41) is 11.7. The minimum absolute atomic E-state index is 0.150. The van der Waals surface area contributed by atoms with Crippen molar-refractivity contribution in [2.45, 2.75) is 18.4 Å². The van der Waals surface area contributed by atoms with Crippen LogP contribution in [0.25, 0.3) is 0 Å². The summed E-state index contributed by atoms with van der Waals surface area (Å²) in [6.45, 7) is 2.05. The first-order valence-corrected chi connectivity index (χ1v) is 7.55. The van der Waals surface area contributed by atoms with Gasteiger partial charge < -0.3 is 10.9 Å². The topological polar surface area (TPSA) is 58.6 Å². The van der Waals surface area contributed by atoms with Gasteiger partial charge in [-0.25, -0.2) is 0 Å². The molecule has 3 nitrogen and oxygen atoms in total. The Kier molecular flexibility index (Phi) is 5.07. The lowest BCUT2D eigenvalue weighted by molar-refractivity contribution is 0.318. The third-order valence-corrected chi connectivity index (χ3v) is 4.17. The standard InChI is InChI=1S/C16H18N2OS/c1-12-9-14(16(17)18-19)7-8-15(12)11-20-10-13-5-3-2-4-6-13/h2-9,19H,10-11H2,1H3,(H2,17,18). The van der Waals surface area contributed by atoms with E-state index in [4.69, 9.17) is 10.9 Å². The number of nitrogens with zero attached hydrogens (tertiary/aromatic N) is 1. The lowest BCUT2D eigenvalue weighted by atomic mass is 10.1. The van der Waals surface area contributed by atoms with Gasteiger partial charge in [-0.15, -0.1) is 0 Å². The number of benzene rings is 2. The van der Waals surface area contributed by atoms with Gasteiger partial charge >= 0.3 is 0 Å². The van der Waals surface area contributed by atoms with Crippen LogP contribution in [0.15, 0.2) is 53.7 Å². The van der Waals surface area contributed by atoms with E-state index in [1.54, 1.807) is 0 Å². The van der Waals surface area contributed by atoms with Crippen molar-refractivity contribution >= 4 is 17.6 Å². The maximum absolute atomic E-state index is 8.67. The monoisotopic (exact) mass is 286 g/mol. The Morgan fingerprint density at radius 3 is 2.55 bits per heavy atom. The molecule has 0 aliphatic carbocycles. The van der Waals surface area contributed by atoms with Crippen molar-refractivity contribution in [2.24, 2.45) is 10.9 Å². The van der Waals surface area contributed by atoms with Crippen LogP contribution in [0.2, 0.25) is 0 Å². The normalized spacial score (nSPS) is 11.6. The third kappa shape index (κ3) is 3.78. The summed E-state index contributed by atoms with van der Waals surface area (Å²) in [7, 11) is 0. The van der Waals surface area contributed by atoms with Crippen LogP contribution in [0.1, 0.15) is 22.3 Å². The van der Waals surface area contributed by atoms with Gasteiger partial charge in [0.25, 0.3) is 0 Å². The van der Waals surface area contributed by atoms with Crippen LogP contribution in [0, 0.1) is 6.92 Å². The molecule has 0 amide bonds. The highest BCUT2D eigenvalue weighted by Gasteiger charge is 2.04. The summed E-state index contributed by atoms with van der Waals surface area (Å²) in [5.41, 5.74) is 10.1. The van der Waals surface area contributed by atoms with Crippen LogP contribution in [0.4, 0.5) is 0 Å². The van der Waals surface area contributed by atoms with Gasteiger partial charge in [-0.1, -0.05) is 47.6 Å². The van der Waals surface area contributed by atoms with Gasteiger partial charge in [0.05, 0.1) is 0 Å². The number of rotatable bonds is 5. The molecule has 0 spiro atoms. The molecule has 0 bridgehead atoms. The van der Waals surface area contributed by atoms with Gasteiger partial charge in [0.2, 0.25) is 0 Å². The molecule has 2 aromatic carbocycles. The molecule has 0 atom stereocenters. The summed E-state index contributed by atoms with van der Waals surface area (Å²) < 4.78 is 0. The molecule has 2 rings (SSSR count). The molecule has 0 saturated carbocycles. The molecule has 0 fully saturated rings. The molecule has 4 heteroatoms. The number of nitrogens with two attached hydrogens (primary N) is 1. The Morgan fingerprint density at radius 2 is 1.90 bits per heavy atom. The summed E-state index contributed by atoms with van der Waals surface area (Å²) in [6, 6.07) is 16.3. The second-order valence-corrected chi connectivity index (χ2v) is 5.59. The first-order chi connectivity index (χ1) is 9.70. The van der Waals surface area contributed by atoms with Crippen LogP contribution in [-0.4, -0.2) is 11.0 Å². The van der Waals surface area contributed by atoms with Crippen molar-refractivity contribution in [1.82, 2.24) is 0 Å². The molecule has 0 radical (unpaired) electrons. The molecule has 0 saturated heterocycles. The SMILES string of the molecule is Cc1cc(/C(N)=N/O)ccc1CSCc1ccccc1. The van der Waals surface area contributed by atoms with Crippen molar-refractivity contribution in [3.05, 3.63) is 70.8 Å². The Morgan fingerprint density at radius 1 is 1.15 bits per heavy atom.